The van der Waals surface area contributed by atoms with Gasteiger partial charge in [0.15, 0.2) is 11.6 Å². The standard InChI is InChI=1S/C28H39FN4O3/c1-5-19-9-6-7-12-33(19)24(35)14-22(31-27(36)18-15-28(3,4)16-18)23(34)13-17(2)26-30-21-11-8-10-20(29)25(21)32-26/h8,10-11,17-19,22H,5-7,9,12-16H2,1-4H3,(H,30,32)(H,31,36)/t17-,19+,22+/m1/s1. The Balaban J connectivity index is 1.48. The van der Waals surface area contributed by atoms with Crippen LogP contribution in [0.1, 0.15) is 90.8 Å². The van der Waals surface area contributed by atoms with Crippen molar-refractivity contribution in [3.63, 3.8) is 0 Å². The van der Waals surface area contributed by atoms with Gasteiger partial charge < -0.3 is 15.2 Å². The van der Waals surface area contributed by atoms with E-state index in [9.17, 15) is 18.8 Å². The van der Waals surface area contributed by atoms with E-state index >= 15 is 0 Å². The van der Waals surface area contributed by atoms with E-state index in [-0.39, 0.29) is 59.2 Å². The van der Waals surface area contributed by atoms with Crippen LogP contribution in [0.3, 0.4) is 0 Å². The van der Waals surface area contributed by atoms with Crippen molar-refractivity contribution in [1.29, 1.82) is 0 Å². The number of amides is 2. The molecule has 2 N–H and O–H groups in total. The number of hydrogen-bond donors (Lipinski definition) is 2. The molecule has 0 spiro atoms. The number of aromatic amines is 1. The van der Waals surface area contributed by atoms with Crippen LogP contribution in [0.15, 0.2) is 18.2 Å². The van der Waals surface area contributed by atoms with Gasteiger partial charge in [0.1, 0.15) is 11.3 Å². The lowest BCUT2D eigenvalue weighted by atomic mass is 9.64. The van der Waals surface area contributed by atoms with Gasteiger partial charge in [-0.15, -0.1) is 0 Å². The minimum absolute atomic E-state index is 0.0291. The Kier molecular flexibility index (Phi) is 7.81. The first-order chi connectivity index (χ1) is 17.1. The monoisotopic (exact) mass is 498 g/mol. The summed E-state index contributed by atoms with van der Waals surface area (Å²) in [5, 5.41) is 2.93. The molecule has 4 rings (SSSR count). The van der Waals surface area contributed by atoms with Gasteiger partial charge in [0, 0.05) is 30.8 Å². The Morgan fingerprint density at radius 2 is 1.97 bits per heavy atom. The van der Waals surface area contributed by atoms with Gasteiger partial charge in [-0.25, -0.2) is 9.37 Å². The molecule has 8 heteroatoms. The number of nitrogens with zero attached hydrogens (tertiary/aromatic N) is 2. The van der Waals surface area contributed by atoms with Crippen molar-refractivity contribution in [1.82, 2.24) is 20.2 Å². The molecule has 1 saturated carbocycles. The van der Waals surface area contributed by atoms with Crippen LogP contribution >= 0.6 is 0 Å². The first kappa shape index (κ1) is 26.3. The molecule has 0 unspecified atom stereocenters. The highest BCUT2D eigenvalue weighted by atomic mass is 19.1. The lowest BCUT2D eigenvalue weighted by Crippen LogP contribution is -2.52. The van der Waals surface area contributed by atoms with E-state index in [1.165, 1.54) is 6.07 Å². The average molecular weight is 499 g/mol. The Hall–Kier alpha value is -2.77. The fraction of sp³-hybridized carbons (Fsp3) is 0.643. The summed E-state index contributed by atoms with van der Waals surface area (Å²) in [6.07, 6.45) is 5.54. The topological polar surface area (TPSA) is 95.2 Å². The SMILES string of the molecule is CC[C@H]1CCCCN1C(=O)C[C@H](NC(=O)C1CC(C)(C)C1)C(=O)C[C@@H](C)c1nc2c(F)cccc2[nH]1. The number of rotatable bonds is 9. The van der Waals surface area contributed by atoms with Crippen LogP contribution in [0.2, 0.25) is 0 Å². The van der Waals surface area contributed by atoms with Crippen LogP contribution in [0.4, 0.5) is 4.39 Å². The number of Topliss-reactive ketones (excluding diaryl/α,β-unsaturated/α-hetero) is 1. The van der Waals surface area contributed by atoms with E-state index in [0.717, 1.165) is 38.5 Å². The molecular formula is C28H39FN4O3. The second-order valence-corrected chi connectivity index (χ2v) is 11.5. The summed E-state index contributed by atoms with van der Waals surface area (Å²) in [5.41, 5.74) is 0.952. The van der Waals surface area contributed by atoms with Crippen molar-refractivity contribution in [2.45, 2.75) is 97.1 Å². The second-order valence-electron chi connectivity index (χ2n) is 11.5. The van der Waals surface area contributed by atoms with Crippen molar-refractivity contribution in [2.24, 2.45) is 11.3 Å². The molecule has 196 valence electrons. The van der Waals surface area contributed by atoms with Gasteiger partial charge in [-0.05, 0) is 56.1 Å². The van der Waals surface area contributed by atoms with Gasteiger partial charge in [0.05, 0.1) is 18.0 Å². The maximum absolute atomic E-state index is 14.1. The summed E-state index contributed by atoms with van der Waals surface area (Å²) in [7, 11) is 0. The molecule has 1 aromatic heterocycles. The highest BCUT2D eigenvalue weighted by molar-refractivity contribution is 5.94. The van der Waals surface area contributed by atoms with Crippen molar-refractivity contribution in [3.05, 3.63) is 29.8 Å². The summed E-state index contributed by atoms with van der Waals surface area (Å²) < 4.78 is 14.1. The summed E-state index contributed by atoms with van der Waals surface area (Å²) >= 11 is 0. The molecule has 1 aromatic carbocycles. The van der Waals surface area contributed by atoms with Crippen LogP contribution in [-0.2, 0) is 14.4 Å². The van der Waals surface area contributed by atoms with E-state index in [1.54, 1.807) is 12.1 Å². The van der Waals surface area contributed by atoms with E-state index in [4.69, 9.17) is 0 Å². The Bertz CT molecular complexity index is 1120. The van der Waals surface area contributed by atoms with Crippen molar-refractivity contribution < 1.29 is 18.8 Å². The van der Waals surface area contributed by atoms with Crippen molar-refractivity contribution in [3.8, 4) is 0 Å². The largest absolute Gasteiger partial charge is 0.346 e. The molecule has 0 bridgehead atoms. The highest BCUT2D eigenvalue weighted by Crippen LogP contribution is 2.44. The zero-order valence-corrected chi connectivity index (χ0v) is 21.9. The molecule has 2 aliphatic rings. The van der Waals surface area contributed by atoms with Gasteiger partial charge in [0.2, 0.25) is 11.8 Å². The fourth-order valence-corrected chi connectivity index (χ4v) is 5.83. The summed E-state index contributed by atoms with van der Waals surface area (Å²) in [6.45, 7) is 8.88. The molecular weight excluding hydrogens is 459 g/mol. The number of para-hydroxylation sites is 1. The lowest BCUT2D eigenvalue weighted by Gasteiger charge is -2.42. The number of likely N-dealkylation sites (tertiary alicyclic amines) is 1. The first-order valence-electron chi connectivity index (χ1n) is 13.3. The quantitative estimate of drug-likeness (QED) is 0.516. The third-order valence-electron chi connectivity index (χ3n) is 7.93. The molecule has 0 radical (unpaired) electrons. The minimum Gasteiger partial charge on any atom is -0.346 e. The van der Waals surface area contributed by atoms with E-state index < -0.39 is 11.9 Å². The number of fused-ring (bicyclic) bond motifs is 1. The van der Waals surface area contributed by atoms with Crippen LogP contribution in [0.5, 0.6) is 0 Å². The number of halogens is 1. The normalized spacial score (nSPS) is 21.6. The number of ketones is 1. The number of hydrogen-bond acceptors (Lipinski definition) is 4. The zero-order chi connectivity index (χ0) is 26.0. The van der Waals surface area contributed by atoms with Crippen LogP contribution in [-0.4, -0.2) is 51.1 Å². The number of carbonyl (C=O) groups is 3. The number of piperidine rings is 1. The molecule has 7 nitrogen and oxygen atoms in total. The molecule has 1 aliphatic heterocycles. The number of nitrogens with one attached hydrogen (secondary N) is 2. The number of carbonyl (C=O) groups excluding carboxylic acids is 3. The van der Waals surface area contributed by atoms with Crippen molar-refractivity contribution >= 4 is 28.6 Å². The lowest BCUT2D eigenvalue weighted by molar-refractivity contribution is -0.140. The van der Waals surface area contributed by atoms with E-state index in [0.29, 0.717) is 17.9 Å². The Morgan fingerprint density at radius 3 is 2.64 bits per heavy atom. The molecule has 1 aliphatic carbocycles. The summed E-state index contributed by atoms with van der Waals surface area (Å²) in [4.78, 5) is 49.1. The summed E-state index contributed by atoms with van der Waals surface area (Å²) in [5.74, 6) is -0.771. The van der Waals surface area contributed by atoms with Crippen LogP contribution in [0, 0.1) is 17.2 Å². The number of H-pyrrole nitrogens is 1. The molecule has 1 saturated heterocycles. The minimum atomic E-state index is -0.878. The van der Waals surface area contributed by atoms with Gasteiger partial charge >= 0.3 is 0 Å². The van der Waals surface area contributed by atoms with Gasteiger partial charge in [0.25, 0.3) is 0 Å². The smallest absolute Gasteiger partial charge is 0.225 e. The van der Waals surface area contributed by atoms with Gasteiger partial charge in [-0.3, -0.25) is 14.4 Å². The predicted molar refractivity (Wildman–Crippen MR) is 137 cm³/mol. The molecule has 36 heavy (non-hydrogen) atoms. The number of benzene rings is 1. The predicted octanol–water partition coefficient (Wildman–Crippen LogP) is 4.87. The van der Waals surface area contributed by atoms with Crippen LogP contribution < -0.4 is 5.32 Å². The molecule has 3 atom stereocenters. The number of aromatic nitrogens is 2. The fourth-order valence-electron chi connectivity index (χ4n) is 5.83. The van der Waals surface area contributed by atoms with Crippen molar-refractivity contribution in [2.75, 3.05) is 6.54 Å². The first-order valence-corrected chi connectivity index (χ1v) is 13.3. The highest BCUT2D eigenvalue weighted by Gasteiger charge is 2.41. The third kappa shape index (κ3) is 5.79. The van der Waals surface area contributed by atoms with Gasteiger partial charge in [-0.1, -0.05) is 33.8 Å². The maximum Gasteiger partial charge on any atom is 0.225 e. The van der Waals surface area contributed by atoms with Crippen LogP contribution in [0.25, 0.3) is 11.0 Å². The average Bonchev–Trinajstić information content (AvgIpc) is 3.28. The van der Waals surface area contributed by atoms with E-state index in [2.05, 4.69) is 36.1 Å². The molecule has 2 fully saturated rings. The van der Waals surface area contributed by atoms with E-state index in [1.807, 2.05) is 11.8 Å². The second kappa shape index (κ2) is 10.7. The molecule has 2 amide bonds. The molecule has 2 aromatic rings. The van der Waals surface area contributed by atoms with Gasteiger partial charge in [-0.2, -0.15) is 0 Å². The Labute approximate surface area is 212 Å². The maximum atomic E-state index is 14.1. The molecule has 2 heterocycles. The Morgan fingerprint density at radius 1 is 1.22 bits per heavy atom. The zero-order valence-electron chi connectivity index (χ0n) is 21.9. The third-order valence-corrected chi connectivity index (χ3v) is 7.93. The number of imidazole rings is 1. The summed E-state index contributed by atoms with van der Waals surface area (Å²) in [6, 6.07) is 4.02.